The minimum Gasteiger partial charge on any atom is -0.396 e. The molecule has 6 nitrogen and oxygen atoms in total. The summed E-state index contributed by atoms with van der Waals surface area (Å²) >= 11 is 0. The van der Waals surface area contributed by atoms with Crippen LogP contribution in [0.3, 0.4) is 0 Å². The van der Waals surface area contributed by atoms with Crippen molar-refractivity contribution in [3.63, 3.8) is 0 Å². The Balaban J connectivity index is 2.35. The third-order valence-corrected chi connectivity index (χ3v) is 5.58. The number of aromatic nitrogens is 2. The van der Waals surface area contributed by atoms with Crippen LogP contribution in [0.15, 0.2) is 41.6 Å². The molecule has 23 heavy (non-hydrogen) atoms. The van der Waals surface area contributed by atoms with Gasteiger partial charge in [0.2, 0.25) is 0 Å². The van der Waals surface area contributed by atoms with Crippen LogP contribution in [0, 0.1) is 0 Å². The van der Waals surface area contributed by atoms with Gasteiger partial charge in [0, 0.05) is 19.6 Å². The van der Waals surface area contributed by atoms with Crippen LogP contribution in [-0.2, 0) is 10.0 Å². The van der Waals surface area contributed by atoms with E-state index in [0.29, 0.717) is 12.2 Å². The molecule has 1 heterocycles. The van der Waals surface area contributed by atoms with E-state index in [1.807, 2.05) is 44.2 Å². The Morgan fingerprint density at radius 1 is 1.26 bits per heavy atom. The average molecular weight is 337 g/mol. The quantitative estimate of drug-likeness (QED) is 0.811. The maximum Gasteiger partial charge on any atom is 0.260 e. The highest BCUT2D eigenvalue weighted by Gasteiger charge is 2.30. The lowest BCUT2D eigenvalue weighted by Crippen LogP contribution is -2.32. The number of rotatable bonds is 7. The van der Waals surface area contributed by atoms with Gasteiger partial charge in [-0.3, -0.25) is 0 Å². The van der Waals surface area contributed by atoms with Gasteiger partial charge in [-0.15, -0.1) is 0 Å². The predicted octanol–water partition coefficient (Wildman–Crippen LogP) is 2.28. The first-order chi connectivity index (χ1) is 10.9. The Morgan fingerprint density at radius 2 is 1.91 bits per heavy atom. The summed E-state index contributed by atoms with van der Waals surface area (Å²) in [6, 6.07) is 8.87. The number of nitrogens with zero attached hydrogens (tertiary/aromatic N) is 2. The van der Waals surface area contributed by atoms with Crippen molar-refractivity contribution in [3.05, 3.63) is 47.9 Å². The summed E-state index contributed by atoms with van der Waals surface area (Å²) in [4.78, 5) is 7.01. The molecule has 2 N–H and O–H groups in total. The molecular formula is C16H23N3O3S. The first-order valence-corrected chi connectivity index (χ1v) is 9.00. The highest BCUT2D eigenvalue weighted by atomic mass is 32.2. The number of H-pyrrole nitrogens is 1. The summed E-state index contributed by atoms with van der Waals surface area (Å²) in [7, 11) is -2.19. The van der Waals surface area contributed by atoms with Gasteiger partial charge < -0.3 is 10.1 Å². The first kappa shape index (κ1) is 17.7. The lowest BCUT2D eigenvalue weighted by Gasteiger charge is -2.26. The third-order valence-electron chi connectivity index (χ3n) is 3.80. The number of sulfonamides is 1. The zero-order chi connectivity index (χ0) is 17.0. The second-order valence-electron chi connectivity index (χ2n) is 5.75. The average Bonchev–Trinajstić information content (AvgIpc) is 3.04. The molecule has 7 heteroatoms. The van der Waals surface area contributed by atoms with Crippen LogP contribution < -0.4 is 0 Å². The van der Waals surface area contributed by atoms with E-state index in [1.165, 1.54) is 17.5 Å². The zero-order valence-electron chi connectivity index (χ0n) is 13.6. The van der Waals surface area contributed by atoms with E-state index >= 15 is 0 Å². The van der Waals surface area contributed by atoms with Crippen molar-refractivity contribution in [2.24, 2.45) is 0 Å². The molecule has 0 bridgehead atoms. The van der Waals surface area contributed by atoms with Crippen molar-refractivity contribution < 1.29 is 13.5 Å². The molecule has 0 saturated heterocycles. The monoisotopic (exact) mass is 337 g/mol. The van der Waals surface area contributed by atoms with Crippen LogP contribution in [0.2, 0.25) is 0 Å². The fourth-order valence-electron chi connectivity index (χ4n) is 2.42. The predicted molar refractivity (Wildman–Crippen MR) is 88.5 cm³/mol. The Labute approximate surface area is 137 Å². The van der Waals surface area contributed by atoms with E-state index in [9.17, 15) is 13.5 Å². The number of aliphatic hydroxyl groups is 1. The van der Waals surface area contributed by atoms with Crippen molar-refractivity contribution in [1.82, 2.24) is 14.3 Å². The molecule has 0 radical (unpaired) electrons. The van der Waals surface area contributed by atoms with Gasteiger partial charge in [-0.1, -0.05) is 44.2 Å². The lowest BCUT2D eigenvalue weighted by atomic mass is 10.0. The first-order valence-electron chi connectivity index (χ1n) is 7.56. The molecule has 1 aromatic heterocycles. The number of hydrogen-bond acceptors (Lipinski definition) is 4. The second-order valence-corrected chi connectivity index (χ2v) is 7.71. The number of nitrogens with one attached hydrogen (secondary N) is 1. The lowest BCUT2D eigenvalue weighted by molar-refractivity contribution is 0.240. The summed E-state index contributed by atoms with van der Waals surface area (Å²) in [6.07, 6.45) is 1.67. The van der Waals surface area contributed by atoms with Gasteiger partial charge in [0.05, 0.1) is 12.2 Å². The molecule has 0 amide bonds. The standard InChI is InChI=1S/C16H23N3O3S/c1-12(2)16-17-11-15(18-16)23(21,22)19(3)14(9-10-20)13-7-5-4-6-8-13/h4-8,11-12,14,20H,9-10H2,1-3H3,(H,17,18). The molecule has 1 atom stereocenters. The number of aromatic amines is 1. The number of hydrogen-bond donors (Lipinski definition) is 2. The maximum atomic E-state index is 12.8. The van der Waals surface area contributed by atoms with Gasteiger partial charge in [-0.25, -0.2) is 13.4 Å². The third kappa shape index (κ3) is 3.80. The van der Waals surface area contributed by atoms with E-state index in [1.54, 1.807) is 0 Å². The SMILES string of the molecule is CC(C)c1ncc(S(=O)(=O)N(C)C(CCO)c2ccccc2)[nH]1. The summed E-state index contributed by atoms with van der Waals surface area (Å²) in [5.74, 6) is 0.752. The summed E-state index contributed by atoms with van der Waals surface area (Å²) in [6.45, 7) is 3.79. The molecule has 2 rings (SSSR count). The Hall–Kier alpha value is -1.70. The van der Waals surface area contributed by atoms with Crippen molar-refractivity contribution >= 4 is 10.0 Å². The summed E-state index contributed by atoms with van der Waals surface area (Å²) in [5, 5.41) is 9.39. The maximum absolute atomic E-state index is 12.8. The van der Waals surface area contributed by atoms with Crippen molar-refractivity contribution in [1.29, 1.82) is 0 Å². The van der Waals surface area contributed by atoms with Crippen molar-refractivity contribution in [2.75, 3.05) is 13.7 Å². The number of benzene rings is 1. The minimum atomic E-state index is -3.72. The van der Waals surface area contributed by atoms with Crippen LogP contribution in [0.4, 0.5) is 0 Å². The Bertz CT molecular complexity index is 726. The molecule has 0 fully saturated rings. The molecule has 1 unspecified atom stereocenters. The van der Waals surface area contributed by atoms with Crippen molar-refractivity contribution in [3.8, 4) is 0 Å². The molecule has 0 saturated carbocycles. The van der Waals surface area contributed by atoms with E-state index in [0.717, 1.165) is 5.56 Å². The van der Waals surface area contributed by atoms with Gasteiger partial charge in [-0.05, 0) is 12.0 Å². The number of imidazole rings is 1. The van der Waals surface area contributed by atoms with E-state index in [4.69, 9.17) is 0 Å². The zero-order valence-corrected chi connectivity index (χ0v) is 14.4. The molecule has 126 valence electrons. The van der Waals surface area contributed by atoms with E-state index < -0.39 is 16.1 Å². The minimum absolute atomic E-state index is 0.0718. The van der Waals surface area contributed by atoms with Crippen LogP contribution in [-0.4, -0.2) is 41.5 Å². The summed E-state index contributed by atoms with van der Waals surface area (Å²) < 4.78 is 26.9. The number of aliphatic hydroxyl groups excluding tert-OH is 1. The highest BCUT2D eigenvalue weighted by molar-refractivity contribution is 7.89. The molecule has 0 spiro atoms. The molecule has 1 aromatic carbocycles. The topological polar surface area (TPSA) is 86.3 Å². The van der Waals surface area contributed by atoms with Crippen LogP contribution >= 0.6 is 0 Å². The Morgan fingerprint density at radius 3 is 2.43 bits per heavy atom. The molecule has 0 aliphatic heterocycles. The fraction of sp³-hybridized carbons (Fsp3) is 0.438. The smallest absolute Gasteiger partial charge is 0.260 e. The molecule has 0 aliphatic rings. The van der Waals surface area contributed by atoms with Gasteiger partial charge in [0.15, 0.2) is 5.03 Å². The normalized spacial score (nSPS) is 13.7. The summed E-state index contributed by atoms with van der Waals surface area (Å²) in [5.41, 5.74) is 0.844. The van der Waals surface area contributed by atoms with E-state index in [2.05, 4.69) is 9.97 Å². The molecule has 2 aromatic rings. The van der Waals surface area contributed by atoms with Gasteiger partial charge in [-0.2, -0.15) is 4.31 Å². The van der Waals surface area contributed by atoms with Crippen molar-refractivity contribution in [2.45, 2.75) is 37.3 Å². The molecule has 0 aliphatic carbocycles. The van der Waals surface area contributed by atoms with Crippen LogP contribution in [0.5, 0.6) is 0 Å². The van der Waals surface area contributed by atoms with Gasteiger partial charge >= 0.3 is 0 Å². The van der Waals surface area contributed by atoms with Crippen LogP contribution in [0.25, 0.3) is 0 Å². The molecular weight excluding hydrogens is 314 g/mol. The largest absolute Gasteiger partial charge is 0.396 e. The Kier molecular flexibility index (Phi) is 5.56. The van der Waals surface area contributed by atoms with Gasteiger partial charge in [0.1, 0.15) is 5.82 Å². The van der Waals surface area contributed by atoms with E-state index in [-0.39, 0.29) is 17.6 Å². The highest BCUT2D eigenvalue weighted by Crippen LogP contribution is 2.28. The van der Waals surface area contributed by atoms with Gasteiger partial charge in [0.25, 0.3) is 10.0 Å². The second kappa shape index (κ2) is 7.25. The fourth-order valence-corrected chi connectivity index (χ4v) is 3.71. The van der Waals surface area contributed by atoms with Crippen LogP contribution in [0.1, 0.15) is 43.6 Å².